The molecule has 0 radical (unpaired) electrons. The fourth-order valence-electron chi connectivity index (χ4n) is 13.2. The van der Waals surface area contributed by atoms with Crippen LogP contribution >= 0.6 is 0 Å². The van der Waals surface area contributed by atoms with E-state index < -0.39 is 42.9 Å². The van der Waals surface area contributed by atoms with E-state index in [0.717, 1.165) is 82.1 Å². The lowest BCUT2D eigenvalue weighted by Gasteiger charge is -2.59. The minimum atomic E-state index is -4.75. The standard InChI is InChI=1S/C62H76FN9O9S/c1-7-80-60-56(29-50-51(63)34-66-57(50)67-60)81-55-27-43(15-17-49(55)59(73)68-82(77,78)45-28-52(72(75)76)58(65-33-45)64-32-40-18-20-61(5,74)21-19-40)69-24-22-62(23-25-69)30-44(31-62)71-35-39(4)70(37-53(71)48-11-9-8-10-46(48)38(2)3)36-41-12-16-47(42-13-14-42)54(26-41)79-6/h8-12,15-17,26-29,33-34,38-40,42,44,53,74H,7,13-14,18-25,30-32,35-37H2,1-6H3,(H,64,65)(H,66,67)(H,68,73)/t39-,40?,53-,61?/m0/s1. The first kappa shape index (κ1) is 57.0. The summed E-state index contributed by atoms with van der Waals surface area (Å²) in [5.74, 6) is 0.324. The second kappa shape index (κ2) is 23.1. The lowest BCUT2D eigenvalue weighted by Crippen LogP contribution is -2.61. The topological polar surface area (TPSA) is 218 Å². The molecule has 4 N–H and O–H groups in total. The maximum atomic E-state index is 15.1. The molecular formula is C62H76FN9O9S. The molecule has 11 rings (SSSR count). The zero-order valence-electron chi connectivity index (χ0n) is 47.8. The molecule has 3 saturated carbocycles. The molecule has 2 saturated heterocycles. The normalized spacial score (nSPS) is 22.5. The molecule has 1 spiro atoms. The number of piperidine rings is 1. The van der Waals surface area contributed by atoms with Crippen LogP contribution in [0.15, 0.2) is 90.1 Å². The number of aromatic amines is 1. The molecule has 5 aliphatic rings. The quantitative estimate of drug-likeness (QED) is 0.0438. The Hall–Kier alpha value is -6.87. The van der Waals surface area contributed by atoms with Crippen LogP contribution < -0.4 is 29.1 Å². The molecule has 82 heavy (non-hydrogen) atoms. The van der Waals surface area contributed by atoms with E-state index in [4.69, 9.17) is 14.2 Å². The molecule has 3 aromatic heterocycles. The van der Waals surface area contributed by atoms with E-state index in [1.165, 1.54) is 53.4 Å². The van der Waals surface area contributed by atoms with Crippen molar-refractivity contribution in [2.24, 2.45) is 11.3 Å². The number of methoxy groups -OCH3 is 1. The molecule has 20 heteroatoms. The molecule has 436 valence electrons. The van der Waals surface area contributed by atoms with Gasteiger partial charge in [-0.15, -0.1) is 0 Å². The summed E-state index contributed by atoms with van der Waals surface area (Å²) in [6, 6.07) is 24.0. The number of carbonyl (C=O) groups excluding carboxylic acids is 1. The number of anilines is 2. The van der Waals surface area contributed by atoms with Crippen LogP contribution in [0.3, 0.4) is 0 Å². The average molecular weight is 1140 g/mol. The maximum Gasteiger partial charge on any atom is 0.312 e. The molecule has 0 bridgehead atoms. The van der Waals surface area contributed by atoms with Crippen molar-refractivity contribution < 1.29 is 41.8 Å². The van der Waals surface area contributed by atoms with Crippen LogP contribution in [0.2, 0.25) is 0 Å². The number of hydrogen-bond acceptors (Lipinski definition) is 15. The number of halogens is 1. The fourth-order valence-corrected chi connectivity index (χ4v) is 14.1. The molecule has 5 heterocycles. The third kappa shape index (κ3) is 12.0. The minimum Gasteiger partial charge on any atom is -0.496 e. The number of nitro groups is 1. The van der Waals surface area contributed by atoms with Gasteiger partial charge in [-0.2, -0.15) is 4.98 Å². The molecule has 1 amide bonds. The minimum absolute atomic E-state index is 0.00577. The highest BCUT2D eigenvalue weighted by Crippen LogP contribution is 2.54. The number of nitrogens with one attached hydrogen (secondary N) is 3. The van der Waals surface area contributed by atoms with Gasteiger partial charge in [-0.05, 0) is 149 Å². The molecule has 5 fully saturated rings. The molecular weight excluding hydrogens is 1070 g/mol. The highest BCUT2D eigenvalue weighted by atomic mass is 32.2. The molecule has 2 aliphatic heterocycles. The number of fused-ring (bicyclic) bond motifs is 1. The van der Waals surface area contributed by atoms with Crippen LogP contribution in [0.4, 0.5) is 21.6 Å². The van der Waals surface area contributed by atoms with Crippen molar-refractivity contribution in [2.45, 2.75) is 146 Å². The Bertz CT molecular complexity index is 3450. The van der Waals surface area contributed by atoms with Crippen molar-refractivity contribution in [1.29, 1.82) is 0 Å². The number of aromatic nitrogens is 3. The smallest absolute Gasteiger partial charge is 0.312 e. The summed E-state index contributed by atoms with van der Waals surface area (Å²) in [5.41, 5.74) is 5.00. The summed E-state index contributed by atoms with van der Waals surface area (Å²) in [5, 5.41) is 25.8. The average Bonchev–Trinajstić information content (AvgIpc) is 3.80. The van der Waals surface area contributed by atoms with Gasteiger partial charge in [0.15, 0.2) is 5.75 Å². The van der Waals surface area contributed by atoms with Gasteiger partial charge in [0, 0.05) is 87.5 Å². The molecule has 6 aromatic rings. The number of piperazine rings is 1. The van der Waals surface area contributed by atoms with Crippen LogP contribution in [-0.4, -0.2) is 113 Å². The highest BCUT2D eigenvalue weighted by Gasteiger charge is 2.51. The predicted octanol–water partition coefficient (Wildman–Crippen LogP) is 11.4. The number of H-pyrrole nitrogens is 1. The molecule has 3 aromatic carbocycles. The Balaban J connectivity index is 0.811. The number of hydrogen-bond donors (Lipinski definition) is 4. The van der Waals surface area contributed by atoms with E-state index in [9.17, 15) is 28.4 Å². The Morgan fingerprint density at radius 2 is 1.72 bits per heavy atom. The third-order valence-electron chi connectivity index (χ3n) is 18.2. The summed E-state index contributed by atoms with van der Waals surface area (Å²) in [4.78, 5) is 44.4. The van der Waals surface area contributed by atoms with Crippen molar-refractivity contribution in [2.75, 3.05) is 56.7 Å². The van der Waals surface area contributed by atoms with E-state index in [1.54, 1.807) is 33.1 Å². The van der Waals surface area contributed by atoms with E-state index in [2.05, 4.69) is 103 Å². The van der Waals surface area contributed by atoms with Gasteiger partial charge >= 0.3 is 5.69 Å². The number of nitrogens with zero attached hydrogens (tertiary/aromatic N) is 6. The van der Waals surface area contributed by atoms with Crippen LogP contribution in [0.5, 0.6) is 23.1 Å². The van der Waals surface area contributed by atoms with Crippen molar-refractivity contribution >= 4 is 44.2 Å². The maximum absolute atomic E-state index is 15.1. The van der Waals surface area contributed by atoms with Crippen molar-refractivity contribution in [3.8, 4) is 23.1 Å². The Morgan fingerprint density at radius 3 is 2.43 bits per heavy atom. The van der Waals surface area contributed by atoms with Crippen molar-refractivity contribution in [3.63, 3.8) is 0 Å². The molecule has 3 aliphatic carbocycles. The Kier molecular flexibility index (Phi) is 16.0. The zero-order chi connectivity index (χ0) is 57.7. The molecule has 2 atom stereocenters. The summed E-state index contributed by atoms with van der Waals surface area (Å²) < 4.78 is 63.3. The van der Waals surface area contributed by atoms with Gasteiger partial charge < -0.3 is 34.5 Å². The second-order valence-corrected chi connectivity index (χ2v) is 25.9. The number of carbonyl (C=O) groups is 1. The SMILES string of the molecule is CCOc1nc2[nH]cc(F)c2cc1Oc1cc(N2CCC3(CC2)CC(N2C[C@H](C)N(Cc4ccc(C5CC5)c(OC)c4)C[C@H]2c2ccccc2C(C)C)C3)ccc1C(=O)NS(=O)(=O)c1cnc(NCC2CCC(C)(O)CC2)c([N+](=O)[O-])c1. The zero-order valence-corrected chi connectivity index (χ0v) is 48.6. The summed E-state index contributed by atoms with van der Waals surface area (Å²) in [7, 11) is -2.97. The number of sulfonamides is 1. The predicted molar refractivity (Wildman–Crippen MR) is 312 cm³/mol. The number of aliphatic hydroxyl groups is 1. The molecule has 0 unspecified atom stereocenters. The van der Waals surface area contributed by atoms with Gasteiger partial charge in [0.2, 0.25) is 5.82 Å². The van der Waals surface area contributed by atoms with E-state index >= 15 is 4.39 Å². The fraction of sp³-hybridized carbons (Fsp3) is 0.500. The van der Waals surface area contributed by atoms with Gasteiger partial charge in [0.1, 0.15) is 27.9 Å². The Labute approximate surface area is 479 Å². The third-order valence-corrected chi connectivity index (χ3v) is 19.5. The lowest BCUT2D eigenvalue weighted by atomic mass is 9.59. The monoisotopic (exact) mass is 1140 g/mol. The van der Waals surface area contributed by atoms with Crippen LogP contribution in [0.25, 0.3) is 11.0 Å². The van der Waals surface area contributed by atoms with E-state index in [1.807, 2.05) is 0 Å². The van der Waals surface area contributed by atoms with Gasteiger partial charge in [-0.25, -0.2) is 22.5 Å². The number of ether oxygens (including phenoxy) is 3. The first-order chi connectivity index (χ1) is 39.3. The van der Waals surface area contributed by atoms with E-state index in [0.29, 0.717) is 56.1 Å². The first-order valence-corrected chi connectivity index (χ1v) is 30.6. The van der Waals surface area contributed by atoms with Crippen molar-refractivity contribution in [1.82, 2.24) is 29.5 Å². The van der Waals surface area contributed by atoms with Crippen LogP contribution in [0.1, 0.15) is 149 Å². The highest BCUT2D eigenvalue weighted by molar-refractivity contribution is 7.90. The Morgan fingerprint density at radius 1 is 0.963 bits per heavy atom. The van der Waals surface area contributed by atoms with E-state index in [-0.39, 0.29) is 63.8 Å². The lowest BCUT2D eigenvalue weighted by molar-refractivity contribution is -0.384. The first-order valence-electron chi connectivity index (χ1n) is 29.1. The number of benzene rings is 3. The summed E-state index contributed by atoms with van der Waals surface area (Å²) >= 11 is 0. The number of amides is 1. The molecule has 18 nitrogen and oxygen atoms in total. The largest absolute Gasteiger partial charge is 0.496 e. The summed E-state index contributed by atoms with van der Waals surface area (Å²) in [6.07, 6.45) is 11.3. The van der Waals surface area contributed by atoms with Gasteiger partial charge in [-0.1, -0.05) is 50.2 Å². The number of rotatable bonds is 19. The van der Waals surface area contributed by atoms with Gasteiger partial charge in [0.25, 0.3) is 21.8 Å². The van der Waals surface area contributed by atoms with Crippen LogP contribution in [0, 0.1) is 27.3 Å². The van der Waals surface area contributed by atoms with Crippen molar-refractivity contribution in [3.05, 3.63) is 129 Å². The van der Waals surface area contributed by atoms with Gasteiger partial charge in [-0.3, -0.25) is 24.7 Å². The van der Waals surface area contributed by atoms with Crippen LogP contribution in [-0.2, 0) is 16.6 Å². The second-order valence-electron chi connectivity index (χ2n) is 24.3. The summed E-state index contributed by atoms with van der Waals surface area (Å²) in [6.45, 7) is 15.2. The van der Waals surface area contributed by atoms with Gasteiger partial charge in [0.05, 0.1) is 41.4 Å². The number of pyridine rings is 2.